The van der Waals surface area contributed by atoms with Crippen LogP contribution in [0.1, 0.15) is 29.3 Å². The smallest absolute Gasteiger partial charge is 0.336 e. The van der Waals surface area contributed by atoms with E-state index in [1.165, 1.54) is 0 Å². The van der Waals surface area contributed by atoms with E-state index in [4.69, 9.17) is 0 Å². The van der Waals surface area contributed by atoms with Crippen LogP contribution in [0.4, 0.5) is 5.69 Å². The Morgan fingerprint density at radius 1 is 1.43 bits per heavy atom. The molecule has 1 aromatic carbocycles. The van der Waals surface area contributed by atoms with Crippen LogP contribution in [0.25, 0.3) is 0 Å². The number of benzene rings is 1. The highest BCUT2D eigenvalue weighted by Crippen LogP contribution is 2.29. The van der Waals surface area contributed by atoms with E-state index in [0.717, 1.165) is 30.6 Å². The molecule has 21 heavy (non-hydrogen) atoms. The van der Waals surface area contributed by atoms with E-state index < -0.39 is 16.0 Å². The van der Waals surface area contributed by atoms with Crippen molar-refractivity contribution in [2.75, 3.05) is 30.3 Å². The Bertz CT molecular complexity index is 628. The molecule has 2 rings (SSSR count). The van der Waals surface area contributed by atoms with Crippen LogP contribution in [-0.4, -0.2) is 44.9 Å². The zero-order valence-corrected chi connectivity index (χ0v) is 12.8. The van der Waals surface area contributed by atoms with Gasteiger partial charge in [-0.15, -0.1) is 0 Å². The first-order valence-corrected chi connectivity index (χ1v) is 8.67. The van der Waals surface area contributed by atoms with E-state index in [0.29, 0.717) is 18.7 Å². The van der Waals surface area contributed by atoms with Crippen molar-refractivity contribution in [3.8, 4) is 0 Å². The molecule has 0 saturated carbocycles. The molecule has 1 aliphatic heterocycles. The van der Waals surface area contributed by atoms with Crippen molar-refractivity contribution in [2.24, 2.45) is 0 Å². The zero-order chi connectivity index (χ0) is 15.5. The number of nitrogens with zero attached hydrogens (tertiary/aromatic N) is 1. The number of aromatic carboxylic acids is 1. The van der Waals surface area contributed by atoms with Crippen LogP contribution in [0.5, 0.6) is 0 Å². The highest BCUT2D eigenvalue weighted by molar-refractivity contribution is 7.89. The Balaban J connectivity index is 2.12. The Kier molecular flexibility index (Phi) is 4.84. The second-order valence-electron chi connectivity index (χ2n) is 5.00. The molecule has 0 amide bonds. The van der Waals surface area contributed by atoms with Gasteiger partial charge < -0.3 is 10.0 Å². The molecule has 0 aromatic heterocycles. The second-order valence-corrected chi connectivity index (χ2v) is 7.09. The van der Waals surface area contributed by atoms with Crippen molar-refractivity contribution in [1.82, 2.24) is 4.72 Å². The van der Waals surface area contributed by atoms with Crippen molar-refractivity contribution < 1.29 is 18.3 Å². The minimum absolute atomic E-state index is 0.0623. The lowest BCUT2D eigenvalue weighted by Crippen LogP contribution is -2.38. The third-order valence-electron chi connectivity index (χ3n) is 3.66. The summed E-state index contributed by atoms with van der Waals surface area (Å²) in [6.07, 6.45) is 1.62. The Morgan fingerprint density at radius 3 is 2.86 bits per heavy atom. The largest absolute Gasteiger partial charge is 0.478 e. The Hall–Kier alpha value is -1.60. The summed E-state index contributed by atoms with van der Waals surface area (Å²) in [5, 5.41) is 9.23. The number of rotatable bonds is 6. The molecule has 0 atom stereocenters. The van der Waals surface area contributed by atoms with Crippen molar-refractivity contribution >= 4 is 21.7 Å². The fraction of sp³-hybridized carbons (Fsp3) is 0.500. The predicted molar refractivity (Wildman–Crippen MR) is 81.4 cm³/mol. The fourth-order valence-electron chi connectivity index (χ4n) is 2.57. The van der Waals surface area contributed by atoms with Crippen molar-refractivity contribution in [2.45, 2.75) is 19.8 Å². The van der Waals surface area contributed by atoms with Crippen LogP contribution in [0, 0.1) is 0 Å². The lowest BCUT2D eigenvalue weighted by atomic mass is 9.96. The van der Waals surface area contributed by atoms with Gasteiger partial charge in [-0.1, -0.05) is 6.07 Å². The van der Waals surface area contributed by atoms with Gasteiger partial charge in [-0.2, -0.15) is 0 Å². The van der Waals surface area contributed by atoms with E-state index in [1.807, 2.05) is 11.0 Å². The van der Waals surface area contributed by atoms with Gasteiger partial charge in [0.15, 0.2) is 0 Å². The Labute approximate surface area is 124 Å². The molecule has 0 unspecified atom stereocenters. The second kappa shape index (κ2) is 6.44. The molecule has 2 N–H and O–H groups in total. The van der Waals surface area contributed by atoms with E-state index in [2.05, 4.69) is 4.72 Å². The Morgan fingerprint density at radius 2 is 2.19 bits per heavy atom. The average molecular weight is 312 g/mol. The normalized spacial score (nSPS) is 14.8. The summed E-state index contributed by atoms with van der Waals surface area (Å²) in [6, 6.07) is 5.25. The number of nitrogens with one attached hydrogen (secondary N) is 1. The maximum Gasteiger partial charge on any atom is 0.336 e. The van der Waals surface area contributed by atoms with Crippen molar-refractivity contribution in [1.29, 1.82) is 0 Å². The molecular weight excluding hydrogens is 292 g/mol. The van der Waals surface area contributed by atoms with Crippen LogP contribution < -0.4 is 9.62 Å². The summed E-state index contributed by atoms with van der Waals surface area (Å²) in [4.78, 5) is 13.3. The molecule has 0 aliphatic carbocycles. The standard InChI is InChI=1S/C14H20N2O4S/c1-2-21(19,20)15-8-10-16-9-4-6-11-12(14(17)18)5-3-7-13(11)16/h3,5,7,15H,2,4,6,8-10H2,1H3,(H,17,18). The first kappa shape index (κ1) is 15.8. The first-order valence-electron chi connectivity index (χ1n) is 7.02. The summed E-state index contributed by atoms with van der Waals surface area (Å²) in [5.74, 6) is -0.854. The molecular formula is C14H20N2O4S. The lowest BCUT2D eigenvalue weighted by Gasteiger charge is -2.32. The van der Waals surface area contributed by atoms with E-state index in [-0.39, 0.29) is 5.75 Å². The highest BCUT2D eigenvalue weighted by atomic mass is 32.2. The number of fused-ring (bicyclic) bond motifs is 1. The van der Waals surface area contributed by atoms with Crippen LogP contribution in [0.15, 0.2) is 18.2 Å². The molecule has 1 heterocycles. The monoisotopic (exact) mass is 312 g/mol. The summed E-state index contributed by atoms with van der Waals surface area (Å²) in [5.41, 5.74) is 2.08. The third-order valence-corrected chi connectivity index (χ3v) is 5.06. The van der Waals surface area contributed by atoms with Gasteiger partial charge in [-0.25, -0.2) is 17.9 Å². The highest BCUT2D eigenvalue weighted by Gasteiger charge is 2.21. The number of carbonyl (C=O) groups is 1. The number of carboxylic acids is 1. The quantitative estimate of drug-likeness (QED) is 0.821. The first-order chi connectivity index (χ1) is 9.94. The van der Waals surface area contributed by atoms with Gasteiger partial charge in [-0.3, -0.25) is 0 Å². The molecule has 1 aromatic rings. The predicted octanol–water partition coefficient (Wildman–Crippen LogP) is 1.08. The zero-order valence-electron chi connectivity index (χ0n) is 12.0. The van der Waals surface area contributed by atoms with Gasteiger partial charge >= 0.3 is 5.97 Å². The number of sulfonamides is 1. The number of hydrogen-bond acceptors (Lipinski definition) is 4. The molecule has 7 heteroatoms. The number of anilines is 1. The van der Waals surface area contributed by atoms with E-state index in [9.17, 15) is 18.3 Å². The SMILES string of the molecule is CCS(=O)(=O)NCCN1CCCc2c(C(=O)O)cccc21. The lowest BCUT2D eigenvalue weighted by molar-refractivity contribution is 0.0695. The molecule has 116 valence electrons. The maximum atomic E-state index is 11.4. The summed E-state index contributed by atoms with van der Waals surface area (Å²) < 4.78 is 25.4. The van der Waals surface area contributed by atoms with Gasteiger partial charge in [-0.05, 0) is 37.5 Å². The van der Waals surface area contributed by atoms with Gasteiger partial charge in [0.05, 0.1) is 11.3 Å². The van der Waals surface area contributed by atoms with Crippen LogP contribution in [-0.2, 0) is 16.4 Å². The summed E-state index contributed by atoms with van der Waals surface area (Å²) in [6.45, 7) is 3.27. The van der Waals surface area contributed by atoms with Crippen LogP contribution >= 0.6 is 0 Å². The third kappa shape index (κ3) is 3.74. The average Bonchev–Trinajstić information content (AvgIpc) is 2.46. The van der Waals surface area contributed by atoms with Gasteiger partial charge in [0, 0.05) is 25.3 Å². The van der Waals surface area contributed by atoms with Crippen molar-refractivity contribution in [3.05, 3.63) is 29.3 Å². The maximum absolute atomic E-state index is 11.4. The van der Waals surface area contributed by atoms with Crippen LogP contribution in [0.3, 0.4) is 0 Å². The van der Waals surface area contributed by atoms with E-state index in [1.54, 1.807) is 19.1 Å². The van der Waals surface area contributed by atoms with Gasteiger partial charge in [0.25, 0.3) is 0 Å². The molecule has 0 fully saturated rings. The molecule has 0 radical (unpaired) electrons. The topological polar surface area (TPSA) is 86.7 Å². The van der Waals surface area contributed by atoms with Gasteiger partial charge in [0.2, 0.25) is 10.0 Å². The fourth-order valence-corrected chi connectivity index (χ4v) is 3.18. The van der Waals surface area contributed by atoms with Gasteiger partial charge in [0.1, 0.15) is 0 Å². The molecule has 0 saturated heterocycles. The molecule has 0 bridgehead atoms. The molecule has 6 nitrogen and oxygen atoms in total. The minimum Gasteiger partial charge on any atom is -0.478 e. The number of carboxylic acid groups (broad SMARTS) is 1. The molecule has 0 spiro atoms. The van der Waals surface area contributed by atoms with Crippen molar-refractivity contribution in [3.63, 3.8) is 0 Å². The number of hydrogen-bond donors (Lipinski definition) is 2. The van der Waals surface area contributed by atoms with Crippen LogP contribution in [0.2, 0.25) is 0 Å². The minimum atomic E-state index is -3.19. The summed E-state index contributed by atoms with van der Waals surface area (Å²) >= 11 is 0. The van der Waals surface area contributed by atoms with E-state index >= 15 is 0 Å². The molecule has 1 aliphatic rings. The summed E-state index contributed by atoms with van der Waals surface area (Å²) in [7, 11) is -3.19.